The van der Waals surface area contributed by atoms with E-state index in [0.29, 0.717) is 6.54 Å². The third-order valence-electron chi connectivity index (χ3n) is 3.60. The molecule has 2 aromatic rings. The lowest BCUT2D eigenvalue weighted by Gasteiger charge is -2.21. The van der Waals surface area contributed by atoms with Crippen molar-refractivity contribution in [2.24, 2.45) is 0 Å². The molecule has 20 heavy (non-hydrogen) atoms. The van der Waals surface area contributed by atoms with Crippen LogP contribution in [0.4, 0.5) is 5.69 Å². The van der Waals surface area contributed by atoms with Gasteiger partial charge in [0.15, 0.2) is 5.78 Å². The molecule has 0 N–H and O–H groups in total. The highest BCUT2D eigenvalue weighted by molar-refractivity contribution is 6.00. The second-order valence-corrected chi connectivity index (χ2v) is 5.38. The van der Waals surface area contributed by atoms with Crippen LogP contribution in [0.2, 0.25) is 0 Å². The van der Waals surface area contributed by atoms with Crippen molar-refractivity contribution in [3.8, 4) is 0 Å². The molecule has 0 saturated heterocycles. The van der Waals surface area contributed by atoms with E-state index in [4.69, 9.17) is 0 Å². The van der Waals surface area contributed by atoms with Crippen molar-refractivity contribution >= 4 is 11.5 Å². The van der Waals surface area contributed by atoms with Gasteiger partial charge in [0.2, 0.25) is 0 Å². The third-order valence-corrected chi connectivity index (χ3v) is 3.60. The summed E-state index contributed by atoms with van der Waals surface area (Å²) in [5, 5.41) is 0. The molecular weight excluding hydrogens is 246 g/mol. The quantitative estimate of drug-likeness (QED) is 0.782. The molecule has 0 atom stereocenters. The molecule has 0 bridgehead atoms. The van der Waals surface area contributed by atoms with Crippen LogP contribution in [0, 0.1) is 20.8 Å². The summed E-state index contributed by atoms with van der Waals surface area (Å²) >= 11 is 0. The smallest absolute Gasteiger partial charge is 0.182 e. The summed E-state index contributed by atoms with van der Waals surface area (Å²) in [5.41, 5.74) is 5.27. The van der Waals surface area contributed by atoms with Gasteiger partial charge in [0, 0.05) is 18.3 Å². The van der Waals surface area contributed by atoms with Crippen LogP contribution in [-0.4, -0.2) is 19.4 Å². The molecule has 2 heteroatoms. The number of benzene rings is 2. The molecule has 0 aromatic heterocycles. The molecular formula is C18H21NO. The van der Waals surface area contributed by atoms with E-state index in [9.17, 15) is 4.79 Å². The summed E-state index contributed by atoms with van der Waals surface area (Å²) in [6.07, 6.45) is 0. The van der Waals surface area contributed by atoms with E-state index in [-0.39, 0.29) is 5.78 Å². The monoisotopic (exact) mass is 267 g/mol. The van der Waals surface area contributed by atoms with Crippen LogP contribution < -0.4 is 4.90 Å². The summed E-state index contributed by atoms with van der Waals surface area (Å²) in [6, 6.07) is 14.2. The first-order chi connectivity index (χ1) is 9.49. The molecule has 0 amide bonds. The van der Waals surface area contributed by atoms with Crippen molar-refractivity contribution < 1.29 is 4.79 Å². The Morgan fingerprint density at radius 1 is 1.00 bits per heavy atom. The maximum absolute atomic E-state index is 12.5. The molecule has 0 aliphatic carbocycles. The van der Waals surface area contributed by atoms with Crippen LogP contribution in [0.1, 0.15) is 27.0 Å². The molecule has 0 fully saturated rings. The van der Waals surface area contributed by atoms with Gasteiger partial charge in [0.05, 0.1) is 6.54 Å². The van der Waals surface area contributed by atoms with Gasteiger partial charge in [-0.25, -0.2) is 0 Å². The molecule has 0 aliphatic heterocycles. The number of Topliss-reactive ketones (excluding diaryl/α,β-unsaturated/α-hetero) is 1. The van der Waals surface area contributed by atoms with Crippen LogP contribution in [0.25, 0.3) is 0 Å². The number of ketones is 1. The van der Waals surface area contributed by atoms with Crippen molar-refractivity contribution in [2.75, 3.05) is 18.5 Å². The Morgan fingerprint density at radius 2 is 1.70 bits per heavy atom. The van der Waals surface area contributed by atoms with Gasteiger partial charge < -0.3 is 4.90 Å². The van der Waals surface area contributed by atoms with Gasteiger partial charge in [0.25, 0.3) is 0 Å². The van der Waals surface area contributed by atoms with Gasteiger partial charge in [-0.1, -0.05) is 35.9 Å². The number of hydrogen-bond donors (Lipinski definition) is 0. The molecule has 0 radical (unpaired) electrons. The Kier molecular flexibility index (Phi) is 4.23. The summed E-state index contributed by atoms with van der Waals surface area (Å²) in [6.45, 7) is 6.46. The fourth-order valence-electron chi connectivity index (χ4n) is 2.41. The number of carbonyl (C=O) groups is 1. The van der Waals surface area contributed by atoms with Gasteiger partial charge in [-0.05, 0) is 44.0 Å². The summed E-state index contributed by atoms with van der Waals surface area (Å²) < 4.78 is 0. The van der Waals surface area contributed by atoms with E-state index < -0.39 is 0 Å². The van der Waals surface area contributed by atoms with Gasteiger partial charge >= 0.3 is 0 Å². The van der Waals surface area contributed by atoms with Gasteiger partial charge in [-0.3, -0.25) is 4.79 Å². The summed E-state index contributed by atoms with van der Waals surface area (Å²) in [4.78, 5) is 14.5. The highest BCUT2D eigenvalue weighted by atomic mass is 16.1. The molecule has 2 aromatic carbocycles. The highest BCUT2D eigenvalue weighted by Crippen LogP contribution is 2.19. The molecule has 0 saturated carbocycles. The third kappa shape index (κ3) is 3.08. The number of aryl methyl sites for hydroxylation is 3. The number of nitrogens with zero attached hydrogens (tertiary/aromatic N) is 1. The van der Waals surface area contributed by atoms with Gasteiger partial charge in [-0.15, -0.1) is 0 Å². The number of para-hydroxylation sites is 1. The predicted octanol–water partition coefficient (Wildman–Crippen LogP) is 3.93. The largest absolute Gasteiger partial charge is 0.367 e. The average molecular weight is 267 g/mol. The summed E-state index contributed by atoms with van der Waals surface area (Å²) in [7, 11) is 1.96. The maximum Gasteiger partial charge on any atom is 0.182 e. The predicted molar refractivity (Wildman–Crippen MR) is 84.7 cm³/mol. The molecule has 0 aliphatic rings. The SMILES string of the molecule is Cc1ccc(C)c(C(=O)CN(C)c2ccccc2C)c1. The zero-order chi connectivity index (χ0) is 14.7. The average Bonchev–Trinajstić information content (AvgIpc) is 2.41. The molecule has 0 spiro atoms. The molecule has 0 heterocycles. The number of hydrogen-bond acceptors (Lipinski definition) is 2. The Hall–Kier alpha value is -2.09. The highest BCUT2D eigenvalue weighted by Gasteiger charge is 2.13. The number of anilines is 1. The minimum atomic E-state index is 0.164. The lowest BCUT2D eigenvalue weighted by atomic mass is 10.0. The lowest BCUT2D eigenvalue weighted by molar-refractivity contribution is 0.0999. The van der Waals surface area contributed by atoms with Crippen molar-refractivity contribution in [1.29, 1.82) is 0 Å². The standard InChI is InChI=1S/C18H21NO/c1-13-9-10-14(2)16(11-13)18(20)12-19(4)17-8-6-5-7-15(17)3/h5-11H,12H2,1-4H3. The minimum absolute atomic E-state index is 0.164. The Labute approximate surface area is 121 Å². The normalized spacial score (nSPS) is 10.4. The van der Waals surface area contributed by atoms with E-state index in [2.05, 4.69) is 13.0 Å². The molecule has 104 valence electrons. The number of carbonyl (C=O) groups excluding carboxylic acids is 1. The molecule has 0 unspecified atom stereocenters. The zero-order valence-corrected chi connectivity index (χ0v) is 12.6. The van der Waals surface area contributed by atoms with Crippen molar-refractivity contribution in [3.63, 3.8) is 0 Å². The molecule has 2 rings (SSSR count). The first-order valence-corrected chi connectivity index (χ1v) is 6.86. The summed E-state index contributed by atoms with van der Waals surface area (Å²) in [5.74, 6) is 0.164. The lowest BCUT2D eigenvalue weighted by Crippen LogP contribution is -2.26. The van der Waals surface area contributed by atoms with Crippen LogP contribution in [0.3, 0.4) is 0 Å². The second-order valence-electron chi connectivity index (χ2n) is 5.38. The van der Waals surface area contributed by atoms with E-state index in [0.717, 1.165) is 22.4 Å². The van der Waals surface area contributed by atoms with Crippen LogP contribution in [0.15, 0.2) is 42.5 Å². The number of rotatable bonds is 4. The fraction of sp³-hybridized carbons (Fsp3) is 0.278. The van der Waals surface area contributed by atoms with E-state index in [1.165, 1.54) is 5.56 Å². The Morgan fingerprint density at radius 3 is 2.40 bits per heavy atom. The van der Waals surface area contributed by atoms with Crippen LogP contribution in [-0.2, 0) is 0 Å². The van der Waals surface area contributed by atoms with E-state index in [1.54, 1.807) is 0 Å². The Balaban J connectivity index is 2.20. The van der Waals surface area contributed by atoms with Crippen LogP contribution in [0.5, 0.6) is 0 Å². The molecule has 2 nitrogen and oxygen atoms in total. The van der Waals surface area contributed by atoms with Gasteiger partial charge in [-0.2, -0.15) is 0 Å². The topological polar surface area (TPSA) is 20.3 Å². The van der Waals surface area contributed by atoms with E-state index >= 15 is 0 Å². The van der Waals surface area contributed by atoms with Crippen molar-refractivity contribution in [2.45, 2.75) is 20.8 Å². The number of likely N-dealkylation sites (N-methyl/N-ethyl adjacent to an activating group) is 1. The zero-order valence-electron chi connectivity index (χ0n) is 12.6. The first-order valence-electron chi connectivity index (χ1n) is 6.86. The van der Waals surface area contributed by atoms with Gasteiger partial charge in [0.1, 0.15) is 0 Å². The maximum atomic E-state index is 12.5. The van der Waals surface area contributed by atoms with E-state index in [1.807, 2.05) is 62.2 Å². The Bertz CT molecular complexity index is 631. The van der Waals surface area contributed by atoms with Crippen molar-refractivity contribution in [3.05, 3.63) is 64.7 Å². The second kappa shape index (κ2) is 5.91. The first kappa shape index (κ1) is 14.3. The fourth-order valence-corrected chi connectivity index (χ4v) is 2.41. The van der Waals surface area contributed by atoms with Crippen LogP contribution >= 0.6 is 0 Å². The minimum Gasteiger partial charge on any atom is -0.367 e. The van der Waals surface area contributed by atoms with Crippen molar-refractivity contribution in [1.82, 2.24) is 0 Å².